The van der Waals surface area contributed by atoms with Gasteiger partial charge in [0.15, 0.2) is 0 Å². The summed E-state index contributed by atoms with van der Waals surface area (Å²) in [7, 11) is 2.00. The van der Waals surface area contributed by atoms with E-state index < -0.39 is 17.6 Å². The fourth-order valence-corrected chi connectivity index (χ4v) is 5.97. The second kappa shape index (κ2) is 10.8. The van der Waals surface area contributed by atoms with E-state index in [0.29, 0.717) is 25.1 Å². The molecule has 1 aliphatic carbocycles. The van der Waals surface area contributed by atoms with Crippen molar-refractivity contribution < 1.29 is 23.9 Å². The Hall–Kier alpha value is -3.29. The van der Waals surface area contributed by atoms with E-state index in [0.717, 1.165) is 43.0 Å². The van der Waals surface area contributed by atoms with E-state index in [1.807, 2.05) is 50.5 Å². The van der Waals surface area contributed by atoms with Gasteiger partial charge in [0.1, 0.15) is 23.4 Å². The summed E-state index contributed by atoms with van der Waals surface area (Å²) < 4.78 is 13.7. The lowest BCUT2D eigenvalue weighted by Gasteiger charge is -2.28. The summed E-state index contributed by atoms with van der Waals surface area (Å²) in [4.78, 5) is 41.9. The van der Waals surface area contributed by atoms with E-state index >= 15 is 0 Å². The number of nitrogens with zero attached hydrogens (tertiary/aromatic N) is 2. The molecule has 38 heavy (non-hydrogen) atoms. The first-order valence-corrected chi connectivity index (χ1v) is 14.0. The van der Waals surface area contributed by atoms with Gasteiger partial charge in [0, 0.05) is 42.4 Å². The topological polar surface area (TPSA) is 89.9 Å². The molecule has 2 aliphatic heterocycles. The summed E-state index contributed by atoms with van der Waals surface area (Å²) in [5.41, 5.74) is 0.0543. The third-order valence-electron chi connectivity index (χ3n) is 8.31. The molecule has 0 unspecified atom stereocenters. The summed E-state index contributed by atoms with van der Waals surface area (Å²) in [6.45, 7) is 4.30. The molecular weight excluding hydrogens is 482 g/mol. The highest BCUT2D eigenvalue weighted by molar-refractivity contribution is 5.95. The highest BCUT2D eigenvalue weighted by atomic mass is 16.5. The molecule has 2 amide bonds. The molecular formula is C30H39N3O5. The number of amides is 2. The van der Waals surface area contributed by atoms with E-state index in [1.54, 1.807) is 11.8 Å². The van der Waals surface area contributed by atoms with Crippen molar-refractivity contribution in [2.45, 2.75) is 76.5 Å². The van der Waals surface area contributed by atoms with Crippen LogP contribution in [0.3, 0.4) is 0 Å². The molecule has 1 saturated heterocycles. The second-order valence-corrected chi connectivity index (χ2v) is 11.1. The molecule has 1 saturated carbocycles. The van der Waals surface area contributed by atoms with Crippen LogP contribution in [0.4, 0.5) is 0 Å². The third kappa shape index (κ3) is 5.18. The fourth-order valence-electron chi connectivity index (χ4n) is 5.97. The van der Waals surface area contributed by atoms with Crippen LogP contribution < -0.4 is 10.1 Å². The molecule has 8 nitrogen and oxygen atoms in total. The van der Waals surface area contributed by atoms with E-state index in [4.69, 9.17) is 9.47 Å². The Bertz CT molecular complexity index is 1240. The number of rotatable bonds is 4. The van der Waals surface area contributed by atoms with Crippen LogP contribution in [0.15, 0.2) is 42.6 Å². The number of nitrogens with one attached hydrogen (secondary N) is 1. The highest BCUT2D eigenvalue weighted by Gasteiger charge is 2.62. The average molecular weight is 522 g/mol. The van der Waals surface area contributed by atoms with Crippen LogP contribution in [0.5, 0.6) is 5.75 Å². The molecule has 0 bridgehead atoms. The number of esters is 1. The highest BCUT2D eigenvalue weighted by Crippen LogP contribution is 2.46. The summed E-state index contributed by atoms with van der Waals surface area (Å²) in [5, 5.41) is 4.10. The Morgan fingerprint density at radius 1 is 1.18 bits per heavy atom. The zero-order chi connectivity index (χ0) is 26.9. The number of carbonyl (C=O) groups is 3. The lowest BCUT2D eigenvalue weighted by atomic mass is 10.0. The number of fused-ring (bicyclic) bond motifs is 3. The van der Waals surface area contributed by atoms with Gasteiger partial charge in [-0.2, -0.15) is 0 Å². The van der Waals surface area contributed by atoms with Crippen molar-refractivity contribution in [3.05, 3.63) is 42.6 Å². The number of aromatic nitrogens is 1. The first kappa shape index (κ1) is 26.3. The molecule has 1 aromatic carbocycles. The fraction of sp³-hybridized carbons (Fsp3) is 0.567. The number of allylic oxidation sites excluding steroid dienone is 1. The van der Waals surface area contributed by atoms with Gasteiger partial charge in [-0.1, -0.05) is 31.9 Å². The molecule has 1 N–H and O–H groups in total. The first-order valence-electron chi connectivity index (χ1n) is 14.0. The van der Waals surface area contributed by atoms with Gasteiger partial charge in [-0.25, -0.2) is 4.79 Å². The first-order chi connectivity index (χ1) is 18.3. The zero-order valence-corrected chi connectivity index (χ0v) is 22.7. The minimum absolute atomic E-state index is 0.0275. The summed E-state index contributed by atoms with van der Waals surface area (Å²) >= 11 is 0. The molecule has 0 spiro atoms. The smallest absolute Gasteiger partial charge is 0.332 e. The quantitative estimate of drug-likeness (QED) is 0.483. The molecule has 5 rings (SSSR count). The monoisotopic (exact) mass is 521 g/mol. The lowest BCUT2D eigenvalue weighted by Crippen LogP contribution is -2.54. The van der Waals surface area contributed by atoms with Crippen molar-refractivity contribution in [1.29, 1.82) is 0 Å². The van der Waals surface area contributed by atoms with Crippen molar-refractivity contribution in [2.75, 3.05) is 13.2 Å². The van der Waals surface area contributed by atoms with Crippen LogP contribution in [0.25, 0.3) is 10.9 Å². The van der Waals surface area contributed by atoms with Crippen molar-refractivity contribution in [3.8, 4) is 5.75 Å². The number of aryl methyl sites for hydroxylation is 1. The standard InChI is InChI=1S/C30H39N3O5/c1-4-37-29(36)30-18-22(30)11-9-7-5-6-8-10-20(2)28(35)33-19-24(17-26(33)27(34)31-30)38-23-12-13-25-21(16-23)14-15-32(25)3/h9,11-16,20,22,24,26H,4-8,10,17-19H2,1-3H3,(H,31,34)/b11-9-/t20-,22+,24+,26-,30+/m0/s1. The molecule has 5 atom stereocenters. The van der Waals surface area contributed by atoms with Gasteiger partial charge in [-0.15, -0.1) is 0 Å². The van der Waals surface area contributed by atoms with Gasteiger partial charge in [-0.3, -0.25) is 9.59 Å². The van der Waals surface area contributed by atoms with Gasteiger partial charge >= 0.3 is 5.97 Å². The second-order valence-electron chi connectivity index (χ2n) is 11.1. The summed E-state index contributed by atoms with van der Waals surface area (Å²) in [6, 6.07) is 7.28. The molecule has 1 aromatic heterocycles. The van der Waals surface area contributed by atoms with Crippen LogP contribution in [0, 0.1) is 11.8 Å². The van der Waals surface area contributed by atoms with Crippen LogP contribution in [-0.2, 0) is 26.2 Å². The lowest BCUT2D eigenvalue weighted by molar-refractivity contribution is -0.150. The minimum atomic E-state index is -1.05. The minimum Gasteiger partial charge on any atom is -0.488 e. The molecule has 3 heterocycles. The van der Waals surface area contributed by atoms with Crippen molar-refractivity contribution in [1.82, 2.24) is 14.8 Å². The van der Waals surface area contributed by atoms with Crippen molar-refractivity contribution in [2.24, 2.45) is 18.9 Å². The number of hydrogen-bond acceptors (Lipinski definition) is 5. The van der Waals surface area contributed by atoms with Crippen molar-refractivity contribution >= 4 is 28.7 Å². The maximum Gasteiger partial charge on any atom is 0.332 e. The maximum atomic E-state index is 13.7. The number of hydrogen-bond donors (Lipinski definition) is 1. The summed E-state index contributed by atoms with van der Waals surface area (Å²) in [5.74, 6) is -0.301. The van der Waals surface area contributed by atoms with Gasteiger partial charge in [0.05, 0.1) is 13.2 Å². The van der Waals surface area contributed by atoms with E-state index in [2.05, 4.69) is 16.0 Å². The Balaban J connectivity index is 1.39. The maximum absolute atomic E-state index is 13.7. The number of carbonyl (C=O) groups excluding carboxylic acids is 3. The number of benzene rings is 1. The van der Waals surface area contributed by atoms with Gasteiger partial charge in [0.25, 0.3) is 0 Å². The van der Waals surface area contributed by atoms with Crippen LogP contribution in [-0.4, -0.2) is 58.1 Å². The molecule has 2 fully saturated rings. The normalized spacial score (nSPS) is 31.0. The average Bonchev–Trinajstić information content (AvgIpc) is 3.23. The molecule has 2 aromatic rings. The SMILES string of the molecule is CCOC(=O)[C@@]12C[C@H]1/C=C\CCCCC[C@H](C)C(=O)N1C[C@H](Oc3ccc4c(ccn4C)c3)C[C@H]1C(=O)N2. The molecule has 204 valence electrons. The van der Waals surface area contributed by atoms with Gasteiger partial charge in [-0.05, 0) is 56.9 Å². The third-order valence-corrected chi connectivity index (χ3v) is 8.31. The Morgan fingerprint density at radius 3 is 2.84 bits per heavy atom. The zero-order valence-electron chi connectivity index (χ0n) is 22.7. The molecule has 0 radical (unpaired) electrons. The Labute approximate surface area is 224 Å². The van der Waals surface area contributed by atoms with Crippen LogP contribution in [0.1, 0.15) is 58.8 Å². The van der Waals surface area contributed by atoms with Crippen LogP contribution >= 0.6 is 0 Å². The van der Waals surface area contributed by atoms with E-state index in [-0.39, 0.29) is 36.4 Å². The predicted octanol–water partition coefficient (Wildman–Crippen LogP) is 4.12. The van der Waals surface area contributed by atoms with Crippen LogP contribution in [0.2, 0.25) is 0 Å². The molecule has 3 aliphatic rings. The van der Waals surface area contributed by atoms with E-state index in [9.17, 15) is 14.4 Å². The number of ether oxygens (including phenoxy) is 2. The van der Waals surface area contributed by atoms with Gasteiger partial charge in [0.2, 0.25) is 11.8 Å². The Morgan fingerprint density at radius 2 is 2.03 bits per heavy atom. The van der Waals surface area contributed by atoms with Gasteiger partial charge < -0.3 is 24.3 Å². The Kier molecular flexibility index (Phi) is 7.50. The molecule has 8 heteroatoms. The summed E-state index contributed by atoms with van der Waals surface area (Å²) in [6.07, 6.45) is 11.5. The van der Waals surface area contributed by atoms with Crippen molar-refractivity contribution in [3.63, 3.8) is 0 Å². The predicted molar refractivity (Wildman–Crippen MR) is 144 cm³/mol. The van der Waals surface area contributed by atoms with E-state index in [1.165, 1.54) is 0 Å². The largest absolute Gasteiger partial charge is 0.488 e.